The number of carbonyl (C=O) groups excluding carboxylic acids is 1. The molecule has 0 atom stereocenters. The van der Waals surface area contributed by atoms with Gasteiger partial charge in [0.2, 0.25) is 0 Å². The molecule has 7 heteroatoms. The van der Waals surface area contributed by atoms with Crippen LogP contribution in [-0.4, -0.2) is 41.7 Å². The number of rotatable bonds is 3. The van der Waals surface area contributed by atoms with E-state index in [9.17, 15) is 18.0 Å². The van der Waals surface area contributed by atoms with E-state index >= 15 is 0 Å². The van der Waals surface area contributed by atoms with E-state index in [0.29, 0.717) is 13.1 Å². The first-order valence-electron chi connectivity index (χ1n) is 7.67. The number of hydrogen-bond donors (Lipinski definition) is 0. The van der Waals surface area contributed by atoms with E-state index in [1.54, 1.807) is 4.90 Å². The highest BCUT2D eigenvalue weighted by atomic mass is 19.4. The minimum Gasteiger partial charge on any atom is -0.483 e. The number of halogens is 3. The molecule has 24 heavy (non-hydrogen) atoms. The van der Waals surface area contributed by atoms with Gasteiger partial charge < -0.3 is 14.4 Å². The van der Waals surface area contributed by atoms with Crippen molar-refractivity contribution < 1.29 is 27.4 Å². The maximum Gasteiger partial charge on any atom is 0.419 e. The lowest BCUT2D eigenvalue weighted by Crippen LogP contribution is -2.59. The quantitative estimate of drug-likeness (QED) is 0.842. The number of hydrogen-bond acceptors (Lipinski definition) is 3. The molecule has 1 fully saturated rings. The van der Waals surface area contributed by atoms with Crippen molar-refractivity contribution in [3.63, 3.8) is 0 Å². The maximum absolute atomic E-state index is 12.9. The van der Waals surface area contributed by atoms with E-state index in [0.717, 1.165) is 6.07 Å². The van der Waals surface area contributed by atoms with Gasteiger partial charge >= 0.3 is 6.18 Å². The van der Waals surface area contributed by atoms with Crippen molar-refractivity contribution in [1.29, 1.82) is 0 Å². The zero-order valence-electron chi connectivity index (χ0n) is 14.2. The summed E-state index contributed by atoms with van der Waals surface area (Å²) in [4.78, 5) is 13.9. The number of carbonyl (C=O) groups is 1. The Labute approximate surface area is 139 Å². The van der Waals surface area contributed by atoms with E-state index < -0.39 is 29.5 Å². The van der Waals surface area contributed by atoms with E-state index in [4.69, 9.17) is 9.47 Å². The van der Waals surface area contributed by atoms with Crippen LogP contribution in [0.15, 0.2) is 24.3 Å². The van der Waals surface area contributed by atoms with Crippen molar-refractivity contribution in [2.75, 3.05) is 19.7 Å². The molecule has 2 rings (SSSR count). The van der Waals surface area contributed by atoms with E-state index in [1.165, 1.54) is 18.2 Å². The van der Waals surface area contributed by atoms with E-state index in [2.05, 4.69) is 0 Å². The molecule has 1 aromatic carbocycles. The normalized spacial score (nSPS) is 19.9. The summed E-state index contributed by atoms with van der Waals surface area (Å²) in [5.74, 6) is -0.707. The summed E-state index contributed by atoms with van der Waals surface area (Å²) in [5, 5.41) is 0. The minimum absolute atomic E-state index is 0.342. The summed E-state index contributed by atoms with van der Waals surface area (Å²) in [5.41, 5.74) is -1.94. The Kier molecular flexibility index (Phi) is 4.86. The first-order chi connectivity index (χ1) is 10.9. The lowest BCUT2D eigenvalue weighted by molar-refractivity contribution is -0.188. The van der Waals surface area contributed by atoms with E-state index in [1.807, 2.05) is 27.7 Å². The summed E-state index contributed by atoms with van der Waals surface area (Å²) in [6.45, 7) is 7.75. The van der Waals surface area contributed by atoms with Crippen molar-refractivity contribution >= 4 is 5.91 Å². The van der Waals surface area contributed by atoms with Crippen molar-refractivity contribution in [2.45, 2.75) is 45.1 Å². The van der Waals surface area contributed by atoms with Gasteiger partial charge in [-0.05, 0) is 39.8 Å². The third kappa shape index (κ3) is 4.63. The standard InChI is InChI=1S/C17H22F3NO3/c1-15(2)10-21(11-16(3,4)24-15)14(22)9-23-13-8-6-5-7-12(13)17(18,19)20/h5-8H,9-11H2,1-4H3. The van der Waals surface area contributed by atoms with Crippen LogP contribution in [0.25, 0.3) is 0 Å². The SMILES string of the molecule is CC1(C)CN(C(=O)COc2ccccc2C(F)(F)F)CC(C)(C)O1. The van der Waals surface area contributed by atoms with Crippen LogP contribution in [-0.2, 0) is 15.7 Å². The molecule has 4 nitrogen and oxygen atoms in total. The Morgan fingerprint density at radius 1 is 1.17 bits per heavy atom. The second-order valence-corrected chi connectivity index (χ2v) is 7.15. The van der Waals surface area contributed by atoms with Crippen molar-refractivity contribution in [1.82, 2.24) is 4.90 Å². The summed E-state index contributed by atoms with van der Waals surface area (Å²) >= 11 is 0. The fourth-order valence-corrected chi connectivity index (χ4v) is 3.02. The smallest absolute Gasteiger partial charge is 0.419 e. The summed E-state index contributed by atoms with van der Waals surface area (Å²) in [7, 11) is 0. The number of ether oxygens (including phenoxy) is 2. The summed E-state index contributed by atoms with van der Waals surface area (Å²) in [6.07, 6.45) is -4.53. The largest absolute Gasteiger partial charge is 0.483 e. The van der Waals surface area contributed by atoms with Gasteiger partial charge in [0.15, 0.2) is 6.61 Å². The zero-order chi connectivity index (χ0) is 18.2. The van der Waals surface area contributed by atoms with Crippen molar-refractivity contribution in [3.8, 4) is 5.75 Å². The average Bonchev–Trinajstić information content (AvgIpc) is 2.40. The van der Waals surface area contributed by atoms with Gasteiger partial charge in [0.25, 0.3) is 5.91 Å². The minimum atomic E-state index is -4.53. The van der Waals surface area contributed by atoms with Crippen LogP contribution in [0.1, 0.15) is 33.3 Å². The van der Waals surface area contributed by atoms with Crippen molar-refractivity contribution in [3.05, 3.63) is 29.8 Å². The molecule has 0 aromatic heterocycles. The predicted octanol–water partition coefficient (Wildman–Crippen LogP) is 3.50. The molecule has 1 saturated heterocycles. The number of alkyl halides is 3. The highest BCUT2D eigenvalue weighted by Crippen LogP contribution is 2.36. The fraction of sp³-hybridized carbons (Fsp3) is 0.588. The van der Waals surface area contributed by atoms with Crippen LogP contribution in [0.5, 0.6) is 5.75 Å². The van der Waals surface area contributed by atoms with Crippen LogP contribution in [0.2, 0.25) is 0 Å². The Bertz CT molecular complexity index is 595. The molecular formula is C17H22F3NO3. The predicted molar refractivity (Wildman–Crippen MR) is 82.8 cm³/mol. The molecule has 0 aliphatic carbocycles. The molecule has 1 aliphatic heterocycles. The Hall–Kier alpha value is -1.76. The number of amides is 1. The average molecular weight is 345 g/mol. The molecule has 1 heterocycles. The molecule has 0 N–H and O–H groups in total. The summed E-state index contributed by atoms with van der Waals surface area (Å²) in [6, 6.07) is 4.87. The van der Waals surface area contributed by atoms with Crippen molar-refractivity contribution in [2.24, 2.45) is 0 Å². The Morgan fingerprint density at radius 3 is 2.25 bits per heavy atom. The lowest BCUT2D eigenvalue weighted by atomic mass is 9.99. The molecule has 1 amide bonds. The van der Waals surface area contributed by atoms with Gasteiger partial charge in [0.1, 0.15) is 5.75 Å². The fourth-order valence-electron chi connectivity index (χ4n) is 3.02. The van der Waals surface area contributed by atoms with Gasteiger partial charge in [-0.3, -0.25) is 4.79 Å². The molecule has 134 valence electrons. The third-order valence-corrected chi connectivity index (χ3v) is 3.59. The molecule has 0 unspecified atom stereocenters. The van der Waals surface area contributed by atoms with Crippen LogP contribution in [0.3, 0.4) is 0 Å². The van der Waals surface area contributed by atoms with Crippen LogP contribution in [0.4, 0.5) is 13.2 Å². The molecule has 0 spiro atoms. The highest BCUT2D eigenvalue weighted by Gasteiger charge is 2.40. The third-order valence-electron chi connectivity index (χ3n) is 3.59. The first kappa shape index (κ1) is 18.6. The Balaban J connectivity index is 2.07. The number of nitrogens with zero attached hydrogens (tertiary/aromatic N) is 1. The maximum atomic E-state index is 12.9. The van der Waals surface area contributed by atoms with Gasteiger partial charge in [-0.25, -0.2) is 0 Å². The Morgan fingerprint density at radius 2 is 1.71 bits per heavy atom. The lowest BCUT2D eigenvalue weighted by Gasteiger charge is -2.47. The van der Waals surface area contributed by atoms with Gasteiger partial charge in [0, 0.05) is 13.1 Å². The number of morpholine rings is 1. The molecule has 1 aliphatic rings. The summed E-state index contributed by atoms with van der Waals surface area (Å²) < 4.78 is 49.9. The monoisotopic (exact) mass is 345 g/mol. The zero-order valence-corrected chi connectivity index (χ0v) is 14.2. The number of benzene rings is 1. The van der Waals surface area contributed by atoms with Crippen LogP contribution < -0.4 is 4.74 Å². The first-order valence-corrected chi connectivity index (χ1v) is 7.67. The second-order valence-electron chi connectivity index (χ2n) is 7.15. The topological polar surface area (TPSA) is 38.8 Å². The molecule has 0 radical (unpaired) electrons. The van der Waals surface area contributed by atoms with E-state index in [-0.39, 0.29) is 11.7 Å². The number of para-hydroxylation sites is 1. The molecule has 0 saturated carbocycles. The van der Waals surface area contributed by atoms with Gasteiger partial charge in [-0.15, -0.1) is 0 Å². The van der Waals surface area contributed by atoms with Gasteiger partial charge in [-0.2, -0.15) is 13.2 Å². The van der Waals surface area contributed by atoms with Gasteiger partial charge in [0.05, 0.1) is 16.8 Å². The molecule has 0 bridgehead atoms. The van der Waals surface area contributed by atoms with Crippen LogP contribution in [0, 0.1) is 0 Å². The highest BCUT2D eigenvalue weighted by molar-refractivity contribution is 5.78. The second kappa shape index (κ2) is 6.27. The molecule has 1 aromatic rings. The van der Waals surface area contributed by atoms with Crippen LogP contribution >= 0.6 is 0 Å². The van der Waals surface area contributed by atoms with Gasteiger partial charge in [-0.1, -0.05) is 12.1 Å². The molecular weight excluding hydrogens is 323 g/mol.